The van der Waals surface area contributed by atoms with Gasteiger partial charge in [-0.05, 0) is 55.0 Å². The predicted octanol–water partition coefficient (Wildman–Crippen LogP) is 6.80. The van der Waals surface area contributed by atoms with Crippen molar-refractivity contribution in [1.82, 2.24) is 0 Å². The fraction of sp³-hybridized carbons (Fsp3) is 0.0476. The van der Waals surface area contributed by atoms with Crippen molar-refractivity contribution in [2.75, 3.05) is 4.90 Å². The van der Waals surface area contributed by atoms with Crippen LogP contribution in [0.4, 0.5) is 5.69 Å². The zero-order chi connectivity index (χ0) is 19.7. The third kappa shape index (κ3) is 4.05. The highest BCUT2D eigenvalue weighted by Gasteiger charge is 2.34. The van der Waals surface area contributed by atoms with Crippen LogP contribution in [-0.2, 0) is 4.79 Å². The lowest BCUT2D eigenvalue weighted by molar-refractivity contribution is -0.113. The quantitative estimate of drug-likeness (QED) is 0.327. The van der Waals surface area contributed by atoms with E-state index in [0.29, 0.717) is 20.0 Å². The summed E-state index contributed by atoms with van der Waals surface area (Å²) in [5, 5.41) is 1.43. The molecule has 3 aromatic rings. The van der Waals surface area contributed by atoms with Gasteiger partial charge in [-0.25, -0.2) is 0 Å². The first-order chi connectivity index (χ1) is 13.5. The average molecular weight is 444 g/mol. The summed E-state index contributed by atoms with van der Waals surface area (Å²) in [4.78, 5) is 16.0. The minimum atomic E-state index is -0.132. The van der Waals surface area contributed by atoms with Crippen LogP contribution in [0.2, 0.25) is 5.02 Å². The maximum atomic E-state index is 12.9. The molecule has 2 aromatic carbocycles. The van der Waals surface area contributed by atoms with Gasteiger partial charge in [0.1, 0.15) is 5.76 Å². The Morgan fingerprint density at radius 1 is 1.11 bits per heavy atom. The van der Waals surface area contributed by atoms with Crippen LogP contribution in [0.1, 0.15) is 11.3 Å². The molecule has 4 rings (SSSR count). The van der Waals surface area contributed by atoms with Gasteiger partial charge in [-0.3, -0.25) is 9.69 Å². The molecule has 0 unspecified atom stereocenters. The van der Waals surface area contributed by atoms with Gasteiger partial charge in [-0.1, -0.05) is 65.5 Å². The second-order valence-corrected chi connectivity index (χ2v) is 9.21. The van der Waals surface area contributed by atoms with Gasteiger partial charge in [0, 0.05) is 16.0 Å². The van der Waals surface area contributed by atoms with E-state index < -0.39 is 0 Å². The summed E-state index contributed by atoms with van der Waals surface area (Å²) < 4.78 is 6.38. The molecule has 1 aliphatic rings. The first-order valence-corrected chi connectivity index (χ1v) is 10.8. The molecule has 140 valence electrons. The molecule has 0 spiro atoms. The second kappa shape index (κ2) is 8.17. The van der Waals surface area contributed by atoms with Crippen molar-refractivity contribution < 1.29 is 9.21 Å². The Bertz CT molecular complexity index is 1090. The number of carbonyl (C=O) groups is 1. The van der Waals surface area contributed by atoms with Gasteiger partial charge in [0.05, 0.1) is 10.6 Å². The van der Waals surface area contributed by atoms with Crippen LogP contribution >= 0.6 is 47.3 Å². The Hall–Kier alpha value is -1.99. The van der Waals surface area contributed by atoms with Crippen LogP contribution in [0.3, 0.4) is 0 Å². The summed E-state index contributed by atoms with van der Waals surface area (Å²) in [5.74, 6) is 0.481. The number of nitrogens with zero attached hydrogens (tertiary/aromatic N) is 1. The van der Waals surface area contributed by atoms with E-state index in [0.717, 1.165) is 21.2 Å². The van der Waals surface area contributed by atoms with Gasteiger partial charge in [0.15, 0.2) is 9.41 Å². The number of anilines is 1. The van der Waals surface area contributed by atoms with E-state index in [4.69, 9.17) is 28.2 Å². The van der Waals surface area contributed by atoms with Gasteiger partial charge in [0.2, 0.25) is 0 Å². The summed E-state index contributed by atoms with van der Waals surface area (Å²) in [6.45, 7) is 1.96. The van der Waals surface area contributed by atoms with Crippen molar-refractivity contribution in [3.63, 3.8) is 0 Å². The van der Waals surface area contributed by atoms with E-state index in [-0.39, 0.29) is 5.91 Å². The average Bonchev–Trinajstić information content (AvgIpc) is 3.22. The molecule has 1 fully saturated rings. The lowest BCUT2D eigenvalue weighted by Crippen LogP contribution is -2.28. The molecule has 2 heterocycles. The minimum absolute atomic E-state index is 0.132. The number of hydrogen-bond acceptors (Lipinski definition) is 5. The molecule has 0 N–H and O–H groups in total. The number of hydrogen-bond donors (Lipinski definition) is 0. The molecular weight excluding hydrogens is 430 g/mol. The standard InChI is InChI=1S/C21H14ClNO2S3/c1-13-4-2-3-5-17(13)23-20(24)18(28-21(23)26)12-15-8-11-19(25-15)27-16-9-6-14(22)7-10-16/h2-12H,1H3/b18-12-. The third-order valence-corrected chi connectivity index (χ3v) is 6.54. The van der Waals surface area contributed by atoms with Gasteiger partial charge < -0.3 is 4.42 Å². The molecule has 1 aliphatic heterocycles. The number of benzene rings is 2. The number of rotatable bonds is 4. The van der Waals surface area contributed by atoms with Gasteiger partial charge in [-0.2, -0.15) is 0 Å². The normalized spacial score (nSPS) is 15.6. The fourth-order valence-electron chi connectivity index (χ4n) is 2.70. The Morgan fingerprint density at radius 3 is 2.61 bits per heavy atom. The molecule has 1 aromatic heterocycles. The van der Waals surface area contributed by atoms with Crippen LogP contribution in [0.5, 0.6) is 0 Å². The zero-order valence-electron chi connectivity index (χ0n) is 14.7. The zero-order valence-corrected chi connectivity index (χ0v) is 17.9. The third-order valence-electron chi connectivity index (χ3n) is 4.06. The largest absolute Gasteiger partial charge is 0.450 e. The Morgan fingerprint density at radius 2 is 1.86 bits per heavy atom. The number of thiocarbonyl (C=S) groups is 1. The maximum Gasteiger partial charge on any atom is 0.270 e. The van der Waals surface area contributed by atoms with E-state index in [1.165, 1.54) is 23.5 Å². The second-order valence-electron chi connectivity index (χ2n) is 6.02. The predicted molar refractivity (Wildman–Crippen MR) is 121 cm³/mol. The fourth-order valence-corrected chi connectivity index (χ4v) is 4.87. The number of carbonyl (C=O) groups excluding carboxylic acids is 1. The molecule has 3 nitrogen and oxygen atoms in total. The topological polar surface area (TPSA) is 33.5 Å². The number of amides is 1. The van der Waals surface area contributed by atoms with E-state index in [9.17, 15) is 4.79 Å². The molecule has 0 radical (unpaired) electrons. The minimum Gasteiger partial charge on any atom is -0.450 e. The van der Waals surface area contributed by atoms with E-state index >= 15 is 0 Å². The number of para-hydroxylation sites is 1. The first kappa shape index (κ1) is 19.3. The van der Waals surface area contributed by atoms with Crippen LogP contribution in [0, 0.1) is 6.92 Å². The summed E-state index contributed by atoms with van der Waals surface area (Å²) >= 11 is 14.1. The number of halogens is 1. The molecule has 7 heteroatoms. The molecule has 28 heavy (non-hydrogen) atoms. The summed E-state index contributed by atoms with van der Waals surface area (Å²) in [6.07, 6.45) is 1.74. The lowest BCUT2D eigenvalue weighted by Gasteiger charge is -2.16. The van der Waals surface area contributed by atoms with E-state index in [2.05, 4.69) is 0 Å². The van der Waals surface area contributed by atoms with Crippen molar-refractivity contribution in [3.05, 3.63) is 81.9 Å². The summed E-state index contributed by atoms with van der Waals surface area (Å²) in [6, 6.07) is 19.0. The SMILES string of the molecule is Cc1ccccc1N1C(=O)/C(=C/c2ccc(Sc3ccc(Cl)cc3)o2)SC1=S. The van der Waals surface area contributed by atoms with E-state index in [1.807, 2.05) is 67.6 Å². The number of thioether (sulfide) groups is 1. The summed E-state index contributed by atoms with van der Waals surface area (Å²) in [7, 11) is 0. The van der Waals surface area contributed by atoms with Crippen LogP contribution in [0.25, 0.3) is 6.08 Å². The monoisotopic (exact) mass is 443 g/mol. The van der Waals surface area contributed by atoms with Crippen molar-refractivity contribution in [1.29, 1.82) is 0 Å². The molecule has 0 bridgehead atoms. The molecule has 0 aliphatic carbocycles. The van der Waals surface area contributed by atoms with Crippen molar-refractivity contribution in [2.24, 2.45) is 0 Å². The lowest BCUT2D eigenvalue weighted by atomic mass is 10.2. The van der Waals surface area contributed by atoms with Gasteiger partial charge in [0.25, 0.3) is 5.91 Å². The molecular formula is C21H14ClNO2S3. The highest BCUT2D eigenvalue weighted by molar-refractivity contribution is 8.27. The highest BCUT2D eigenvalue weighted by atomic mass is 35.5. The van der Waals surface area contributed by atoms with Crippen LogP contribution in [-0.4, -0.2) is 10.2 Å². The smallest absolute Gasteiger partial charge is 0.270 e. The first-order valence-electron chi connectivity index (χ1n) is 8.38. The van der Waals surface area contributed by atoms with Crippen molar-refractivity contribution >= 4 is 69.3 Å². The van der Waals surface area contributed by atoms with Crippen molar-refractivity contribution in [2.45, 2.75) is 16.9 Å². The Kier molecular flexibility index (Phi) is 5.64. The maximum absolute atomic E-state index is 12.9. The molecule has 0 saturated carbocycles. The van der Waals surface area contributed by atoms with E-state index in [1.54, 1.807) is 11.0 Å². The molecule has 0 atom stereocenters. The van der Waals surface area contributed by atoms with Gasteiger partial charge in [-0.15, -0.1) is 0 Å². The highest BCUT2D eigenvalue weighted by Crippen LogP contribution is 2.38. The summed E-state index contributed by atoms with van der Waals surface area (Å²) in [5.41, 5.74) is 1.81. The molecule has 1 amide bonds. The Balaban J connectivity index is 1.54. The molecule has 1 saturated heterocycles. The van der Waals surface area contributed by atoms with Gasteiger partial charge >= 0.3 is 0 Å². The van der Waals surface area contributed by atoms with Crippen molar-refractivity contribution in [3.8, 4) is 0 Å². The number of aryl methyl sites for hydroxylation is 1. The number of furan rings is 1. The van der Waals surface area contributed by atoms with Crippen LogP contribution in [0.15, 0.2) is 80.0 Å². The Labute approximate surface area is 181 Å². The van der Waals surface area contributed by atoms with Crippen LogP contribution < -0.4 is 4.90 Å².